The number of carbonyl (C=O) groups excluding carboxylic acids is 1. The third kappa shape index (κ3) is 10.5. The zero-order valence-electron chi connectivity index (χ0n) is 15.8. The summed E-state index contributed by atoms with van der Waals surface area (Å²) in [6.07, 6.45) is -4.37. The van der Waals surface area contributed by atoms with E-state index in [-0.39, 0.29) is 18.6 Å². The van der Waals surface area contributed by atoms with E-state index in [9.17, 15) is 18.0 Å². The van der Waals surface area contributed by atoms with Gasteiger partial charge in [-0.15, -0.1) is 0 Å². The van der Waals surface area contributed by atoms with Crippen LogP contribution in [0.5, 0.6) is 0 Å². The smallest absolute Gasteiger partial charge is 0.410 e. The van der Waals surface area contributed by atoms with Gasteiger partial charge in [0.1, 0.15) is 5.60 Å². The zero-order chi connectivity index (χ0) is 19.1. The monoisotopic (exact) mass is 367 g/mol. The van der Waals surface area contributed by atoms with Crippen molar-refractivity contribution in [3.63, 3.8) is 0 Å². The van der Waals surface area contributed by atoms with Crippen LogP contribution in [0.15, 0.2) is 0 Å². The summed E-state index contributed by atoms with van der Waals surface area (Å²) >= 11 is 0. The molecule has 1 rings (SSSR count). The highest BCUT2D eigenvalue weighted by Gasteiger charge is 2.27. The molecule has 1 fully saturated rings. The molecule has 1 unspecified atom stereocenters. The van der Waals surface area contributed by atoms with Crippen molar-refractivity contribution in [3.05, 3.63) is 0 Å². The third-order valence-electron chi connectivity index (χ3n) is 4.04. The fourth-order valence-corrected chi connectivity index (χ4v) is 2.66. The van der Waals surface area contributed by atoms with Gasteiger partial charge in [0.2, 0.25) is 0 Å². The number of nitrogens with zero attached hydrogens (tertiary/aromatic N) is 2. The molecule has 0 bridgehead atoms. The summed E-state index contributed by atoms with van der Waals surface area (Å²) in [5, 5.41) is 3.27. The van der Waals surface area contributed by atoms with Gasteiger partial charge < -0.3 is 15.0 Å². The highest BCUT2D eigenvalue weighted by Crippen LogP contribution is 2.22. The van der Waals surface area contributed by atoms with Crippen LogP contribution < -0.4 is 5.32 Å². The normalized spacial score (nSPS) is 18.3. The minimum Gasteiger partial charge on any atom is -0.444 e. The van der Waals surface area contributed by atoms with Crippen molar-refractivity contribution >= 4 is 6.09 Å². The minimum absolute atomic E-state index is 0.0744. The Morgan fingerprint density at radius 1 is 1.16 bits per heavy atom. The van der Waals surface area contributed by atoms with Gasteiger partial charge in [-0.25, -0.2) is 4.79 Å². The fraction of sp³-hybridized carbons (Fsp3) is 0.941. The van der Waals surface area contributed by atoms with Crippen molar-refractivity contribution in [3.8, 4) is 0 Å². The largest absolute Gasteiger partial charge is 0.444 e. The van der Waals surface area contributed by atoms with E-state index in [1.165, 1.54) is 0 Å². The lowest BCUT2D eigenvalue weighted by atomic mass is 10.1. The first-order valence-electron chi connectivity index (χ1n) is 8.97. The van der Waals surface area contributed by atoms with Crippen LogP contribution in [-0.4, -0.2) is 73.0 Å². The number of nitrogens with one attached hydrogen (secondary N) is 1. The molecule has 1 amide bonds. The van der Waals surface area contributed by atoms with E-state index in [0.29, 0.717) is 19.5 Å². The Balaban J connectivity index is 2.13. The van der Waals surface area contributed by atoms with E-state index in [1.807, 2.05) is 27.7 Å². The van der Waals surface area contributed by atoms with Crippen molar-refractivity contribution in [1.82, 2.24) is 15.1 Å². The van der Waals surface area contributed by atoms with Crippen LogP contribution in [0.25, 0.3) is 0 Å². The number of amides is 1. The van der Waals surface area contributed by atoms with Crippen molar-refractivity contribution in [1.29, 1.82) is 0 Å². The van der Waals surface area contributed by atoms with E-state index in [1.54, 1.807) is 4.90 Å². The molecule has 1 aliphatic rings. The first-order chi connectivity index (χ1) is 11.5. The Kier molecular flexibility index (Phi) is 8.47. The van der Waals surface area contributed by atoms with Gasteiger partial charge in [0, 0.05) is 51.7 Å². The lowest BCUT2D eigenvalue weighted by Gasteiger charge is -2.35. The summed E-state index contributed by atoms with van der Waals surface area (Å²) in [6.45, 7) is 11.9. The zero-order valence-corrected chi connectivity index (χ0v) is 15.8. The Morgan fingerprint density at radius 2 is 1.76 bits per heavy atom. The van der Waals surface area contributed by atoms with Crippen molar-refractivity contribution < 1.29 is 22.7 Å². The van der Waals surface area contributed by atoms with Crippen LogP contribution in [0.3, 0.4) is 0 Å². The van der Waals surface area contributed by atoms with Crippen LogP contribution >= 0.6 is 0 Å². The maximum atomic E-state index is 12.1. The highest BCUT2D eigenvalue weighted by atomic mass is 19.4. The predicted molar refractivity (Wildman–Crippen MR) is 91.6 cm³/mol. The van der Waals surface area contributed by atoms with Crippen LogP contribution in [0.1, 0.15) is 47.0 Å². The molecule has 25 heavy (non-hydrogen) atoms. The molecule has 1 N–H and O–H groups in total. The molecular formula is C17H32F3N3O2. The van der Waals surface area contributed by atoms with Crippen molar-refractivity contribution in [2.24, 2.45) is 0 Å². The van der Waals surface area contributed by atoms with Crippen molar-refractivity contribution in [2.75, 3.05) is 39.3 Å². The van der Waals surface area contributed by atoms with Gasteiger partial charge in [-0.1, -0.05) is 0 Å². The van der Waals surface area contributed by atoms with E-state index in [4.69, 9.17) is 4.74 Å². The summed E-state index contributed by atoms with van der Waals surface area (Å²) in [4.78, 5) is 16.0. The van der Waals surface area contributed by atoms with Gasteiger partial charge in [-0.2, -0.15) is 13.2 Å². The van der Waals surface area contributed by atoms with Gasteiger partial charge in [0.05, 0.1) is 0 Å². The van der Waals surface area contributed by atoms with Crippen LogP contribution in [0.2, 0.25) is 0 Å². The average molecular weight is 367 g/mol. The Morgan fingerprint density at radius 3 is 2.28 bits per heavy atom. The predicted octanol–water partition coefficient (Wildman–Crippen LogP) is 3.25. The maximum absolute atomic E-state index is 12.1. The molecule has 148 valence electrons. The Hall–Kier alpha value is -1.02. The quantitative estimate of drug-likeness (QED) is 0.750. The Bertz CT molecular complexity index is 403. The molecule has 0 aromatic carbocycles. The number of piperazine rings is 1. The van der Waals surface area contributed by atoms with Gasteiger partial charge in [-0.3, -0.25) is 4.90 Å². The third-order valence-corrected chi connectivity index (χ3v) is 4.04. The molecule has 0 saturated carbocycles. The SMILES string of the molecule is CC(CCCC(F)(F)F)NCCN1CCN(C(=O)OC(C)(C)C)CC1. The highest BCUT2D eigenvalue weighted by molar-refractivity contribution is 5.68. The molecule has 1 atom stereocenters. The van der Waals surface area contributed by atoms with E-state index in [2.05, 4.69) is 10.2 Å². The van der Waals surface area contributed by atoms with Crippen LogP contribution in [-0.2, 0) is 4.74 Å². The summed E-state index contributed by atoms with van der Waals surface area (Å²) < 4.78 is 41.7. The maximum Gasteiger partial charge on any atom is 0.410 e. The fourth-order valence-electron chi connectivity index (χ4n) is 2.66. The summed E-state index contributed by atoms with van der Waals surface area (Å²) in [7, 11) is 0. The molecule has 0 aliphatic carbocycles. The van der Waals surface area contributed by atoms with E-state index in [0.717, 1.165) is 26.2 Å². The topological polar surface area (TPSA) is 44.8 Å². The molecule has 0 aromatic heterocycles. The van der Waals surface area contributed by atoms with Crippen LogP contribution in [0.4, 0.5) is 18.0 Å². The molecule has 0 aromatic rings. The second-order valence-corrected chi connectivity index (χ2v) is 7.67. The lowest BCUT2D eigenvalue weighted by molar-refractivity contribution is -0.135. The number of halogens is 3. The molecule has 0 spiro atoms. The number of ether oxygens (including phenoxy) is 1. The Labute approximate surface area is 148 Å². The van der Waals surface area contributed by atoms with Gasteiger partial charge >= 0.3 is 12.3 Å². The van der Waals surface area contributed by atoms with Gasteiger partial charge in [0.25, 0.3) is 0 Å². The average Bonchev–Trinajstić information content (AvgIpc) is 2.44. The molecule has 1 saturated heterocycles. The molecule has 8 heteroatoms. The number of rotatable bonds is 7. The second-order valence-electron chi connectivity index (χ2n) is 7.67. The van der Waals surface area contributed by atoms with Gasteiger partial charge in [-0.05, 0) is 40.5 Å². The number of hydrogen-bond donors (Lipinski definition) is 1. The number of carbonyl (C=O) groups is 1. The standard InChI is InChI=1S/C17H32F3N3O2/c1-14(6-5-7-17(18,19)20)21-8-9-22-10-12-23(13-11-22)15(24)25-16(2,3)4/h14,21H,5-13H2,1-4H3. The molecule has 0 radical (unpaired) electrons. The van der Waals surface area contributed by atoms with Crippen LogP contribution in [0, 0.1) is 0 Å². The van der Waals surface area contributed by atoms with E-state index < -0.39 is 18.2 Å². The second kappa shape index (κ2) is 9.62. The summed E-state index contributed by atoms with van der Waals surface area (Å²) in [5.74, 6) is 0. The lowest BCUT2D eigenvalue weighted by Crippen LogP contribution is -2.51. The van der Waals surface area contributed by atoms with Crippen molar-refractivity contribution in [2.45, 2.75) is 64.8 Å². The first-order valence-corrected chi connectivity index (χ1v) is 8.97. The molecular weight excluding hydrogens is 335 g/mol. The minimum atomic E-state index is -4.06. The summed E-state index contributed by atoms with van der Waals surface area (Å²) in [6, 6.07) is 0.0744. The van der Waals surface area contributed by atoms with E-state index >= 15 is 0 Å². The first kappa shape index (κ1) is 22.0. The molecule has 1 heterocycles. The number of hydrogen-bond acceptors (Lipinski definition) is 4. The molecule has 5 nitrogen and oxygen atoms in total. The summed E-state index contributed by atoms with van der Waals surface area (Å²) in [5.41, 5.74) is -0.486. The molecule has 1 aliphatic heterocycles. The number of alkyl halides is 3. The van der Waals surface area contributed by atoms with Gasteiger partial charge in [0.15, 0.2) is 0 Å².